The minimum absolute atomic E-state index is 0.432. The summed E-state index contributed by atoms with van der Waals surface area (Å²) >= 11 is 8.42. The predicted molar refractivity (Wildman–Crippen MR) is 112 cm³/mol. The third-order valence-electron chi connectivity index (χ3n) is 3.64. The molecule has 0 aliphatic rings. The molecular weight excluding hydrogens is 388 g/mol. The molecule has 0 saturated heterocycles. The van der Waals surface area contributed by atoms with Crippen LogP contribution < -0.4 is 20.1 Å². The van der Waals surface area contributed by atoms with Gasteiger partial charge in [-0.05, 0) is 36.5 Å². The van der Waals surface area contributed by atoms with E-state index in [0.717, 1.165) is 31.9 Å². The number of thiocarbonyl (C=S) groups is 1. The molecule has 26 heavy (non-hydrogen) atoms. The van der Waals surface area contributed by atoms with Gasteiger partial charge in [-0.2, -0.15) is 0 Å². The molecule has 0 radical (unpaired) electrons. The molecule has 132 valence electrons. The van der Waals surface area contributed by atoms with Gasteiger partial charge >= 0.3 is 0 Å². The van der Waals surface area contributed by atoms with Crippen LogP contribution in [-0.4, -0.2) is 29.3 Å². The van der Waals surface area contributed by atoms with E-state index in [4.69, 9.17) is 21.7 Å². The average Bonchev–Trinajstić information content (AvgIpc) is 3.23. The number of rotatable bonds is 4. The van der Waals surface area contributed by atoms with E-state index in [1.54, 1.807) is 14.2 Å². The lowest BCUT2D eigenvalue weighted by Crippen LogP contribution is -2.18. The van der Waals surface area contributed by atoms with Crippen molar-refractivity contribution in [1.29, 1.82) is 0 Å². The Hall–Kier alpha value is -2.49. The third-order valence-corrected chi connectivity index (χ3v) is 5.72. The number of fused-ring (bicyclic) bond motifs is 2. The largest absolute Gasteiger partial charge is 0.494 e. The molecule has 4 rings (SSSR count). The zero-order chi connectivity index (χ0) is 18.1. The fourth-order valence-electron chi connectivity index (χ4n) is 2.51. The van der Waals surface area contributed by atoms with Crippen LogP contribution in [0.25, 0.3) is 20.4 Å². The molecule has 0 bridgehead atoms. The van der Waals surface area contributed by atoms with Gasteiger partial charge in [0.15, 0.2) is 15.4 Å². The minimum Gasteiger partial charge on any atom is -0.494 e. The van der Waals surface area contributed by atoms with Crippen molar-refractivity contribution >= 4 is 70.7 Å². The van der Waals surface area contributed by atoms with E-state index < -0.39 is 0 Å². The van der Waals surface area contributed by atoms with Gasteiger partial charge in [0.1, 0.15) is 22.5 Å². The Kier molecular flexibility index (Phi) is 4.58. The van der Waals surface area contributed by atoms with Crippen molar-refractivity contribution in [2.24, 2.45) is 0 Å². The smallest absolute Gasteiger partial charge is 0.190 e. The van der Waals surface area contributed by atoms with Crippen LogP contribution in [0.1, 0.15) is 0 Å². The summed E-state index contributed by atoms with van der Waals surface area (Å²) in [4.78, 5) is 9.11. The molecule has 0 aliphatic carbocycles. The number of nitrogens with zero attached hydrogens (tertiary/aromatic N) is 2. The summed E-state index contributed by atoms with van der Waals surface area (Å²) in [6.45, 7) is 0. The number of methoxy groups -OCH3 is 2. The molecule has 0 amide bonds. The zero-order valence-corrected chi connectivity index (χ0v) is 16.3. The van der Waals surface area contributed by atoms with Crippen molar-refractivity contribution in [3.8, 4) is 11.5 Å². The highest BCUT2D eigenvalue weighted by molar-refractivity contribution is 7.80. The maximum atomic E-state index is 5.40. The molecule has 4 aromatic rings. The first-order chi connectivity index (χ1) is 12.7. The summed E-state index contributed by atoms with van der Waals surface area (Å²) in [6, 6.07) is 11.6. The average molecular weight is 403 g/mol. The predicted octanol–water partition coefficient (Wildman–Crippen LogP) is 4.73. The van der Waals surface area contributed by atoms with Crippen LogP contribution in [0.3, 0.4) is 0 Å². The number of ether oxygens (including phenoxy) is 2. The molecule has 0 aliphatic heterocycles. The molecule has 2 aromatic heterocycles. The molecule has 0 atom stereocenters. The van der Waals surface area contributed by atoms with Crippen LogP contribution in [0.5, 0.6) is 11.5 Å². The molecule has 2 aromatic carbocycles. The third kappa shape index (κ3) is 3.16. The van der Waals surface area contributed by atoms with E-state index >= 15 is 0 Å². The van der Waals surface area contributed by atoms with Gasteiger partial charge in [-0.25, -0.2) is 9.97 Å². The van der Waals surface area contributed by atoms with Crippen molar-refractivity contribution in [2.75, 3.05) is 24.9 Å². The van der Waals surface area contributed by atoms with Crippen molar-refractivity contribution < 1.29 is 9.47 Å². The molecule has 9 heteroatoms. The van der Waals surface area contributed by atoms with Crippen molar-refractivity contribution in [3.63, 3.8) is 0 Å². The molecule has 0 unspecified atom stereocenters. The number of aromatic nitrogens is 2. The van der Waals surface area contributed by atoms with Crippen molar-refractivity contribution in [1.82, 2.24) is 9.97 Å². The van der Waals surface area contributed by atoms with Gasteiger partial charge in [0.2, 0.25) is 0 Å². The number of nitrogens with one attached hydrogen (secondary N) is 2. The summed E-state index contributed by atoms with van der Waals surface area (Å²) < 4.78 is 12.7. The summed E-state index contributed by atoms with van der Waals surface area (Å²) in [5, 5.41) is 8.05. The summed E-state index contributed by atoms with van der Waals surface area (Å²) in [7, 11) is 3.27. The highest BCUT2D eigenvalue weighted by atomic mass is 32.1. The Morgan fingerprint density at radius 3 is 1.73 bits per heavy atom. The van der Waals surface area contributed by atoms with Crippen LogP contribution in [0.2, 0.25) is 0 Å². The summed E-state index contributed by atoms with van der Waals surface area (Å²) in [5.74, 6) is 1.48. The number of thiazole rings is 2. The topological polar surface area (TPSA) is 68.3 Å². The Bertz CT molecular complexity index is 1020. The van der Waals surface area contributed by atoms with E-state index in [2.05, 4.69) is 20.6 Å². The molecule has 2 heterocycles. The highest BCUT2D eigenvalue weighted by Crippen LogP contribution is 2.33. The number of para-hydroxylation sites is 2. The van der Waals surface area contributed by atoms with E-state index in [9.17, 15) is 0 Å². The van der Waals surface area contributed by atoms with Gasteiger partial charge in [0, 0.05) is 0 Å². The Morgan fingerprint density at radius 1 is 0.846 bits per heavy atom. The van der Waals surface area contributed by atoms with Gasteiger partial charge in [-0.1, -0.05) is 34.8 Å². The Morgan fingerprint density at radius 2 is 1.31 bits per heavy atom. The fraction of sp³-hybridized carbons (Fsp3) is 0.118. The van der Waals surface area contributed by atoms with Crippen molar-refractivity contribution in [2.45, 2.75) is 0 Å². The maximum Gasteiger partial charge on any atom is 0.190 e. The van der Waals surface area contributed by atoms with E-state index in [1.807, 2.05) is 36.4 Å². The van der Waals surface area contributed by atoms with Crippen LogP contribution in [-0.2, 0) is 0 Å². The lowest BCUT2D eigenvalue weighted by atomic mass is 10.3. The molecule has 0 spiro atoms. The van der Waals surface area contributed by atoms with Crippen LogP contribution >= 0.6 is 34.9 Å². The zero-order valence-electron chi connectivity index (χ0n) is 13.9. The second-order valence-electron chi connectivity index (χ2n) is 5.23. The molecule has 6 nitrogen and oxygen atoms in total. The highest BCUT2D eigenvalue weighted by Gasteiger charge is 2.12. The monoisotopic (exact) mass is 402 g/mol. The Labute approximate surface area is 162 Å². The molecular formula is C17H14N4O2S3. The quantitative estimate of drug-likeness (QED) is 0.478. The van der Waals surface area contributed by atoms with Gasteiger partial charge in [-0.15, -0.1) is 0 Å². The lowest BCUT2D eigenvalue weighted by molar-refractivity contribution is 0.419. The van der Waals surface area contributed by atoms with Crippen LogP contribution in [0.4, 0.5) is 10.3 Å². The lowest BCUT2D eigenvalue weighted by Gasteiger charge is -2.04. The first kappa shape index (κ1) is 17.0. The maximum absolute atomic E-state index is 5.40. The normalized spacial score (nSPS) is 10.8. The fourth-order valence-corrected chi connectivity index (χ4v) is 4.61. The van der Waals surface area contributed by atoms with E-state index in [-0.39, 0.29) is 0 Å². The molecule has 0 fully saturated rings. The number of benzene rings is 2. The molecule has 0 saturated carbocycles. The number of hydrogen-bond donors (Lipinski definition) is 2. The van der Waals surface area contributed by atoms with Gasteiger partial charge in [0.05, 0.1) is 23.6 Å². The van der Waals surface area contributed by atoms with E-state index in [1.165, 1.54) is 22.7 Å². The summed E-state index contributed by atoms with van der Waals surface area (Å²) in [6.07, 6.45) is 0. The van der Waals surface area contributed by atoms with Crippen molar-refractivity contribution in [3.05, 3.63) is 36.4 Å². The minimum atomic E-state index is 0.432. The van der Waals surface area contributed by atoms with E-state index in [0.29, 0.717) is 15.4 Å². The first-order valence-corrected chi connectivity index (χ1v) is 9.67. The standard InChI is InChI=1S/C17H14N4O2S3/c1-22-9-5-3-7-11-13(9)18-16(25-11)20-15(24)21-17-19-14-10(23-2)6-4-8-12(14)26-17/h3-8H,1-2H3,(H2,18,19,20,21,24). The van der Waals surface area contributed by atoms with Gasteiger partial charge < -0.3 is 20.1 Å². The second-order valence-corrected chi connectivity index (χ2v) is 7.70. The van der Waals surface area contributed by atoms with Gasteiger partial charge in [0.25, 0.3) is 0 Å². The first-order valence-electron chi connectivity index (χ1n) is 7.63. The van der Waals surface area contributed by atoms with Gasteiger partial charge in [-0.3, -0.25) is 0 Å². The number of hydrogen-bond acceptors (Lipinski definition) is 7. The van der Waals surface area contributed by atoms with Crippen LogP contribution in [0.15, 0.2) is 36.4 Å². The van der Waals surface area contributed by atoms with Crippen LogP contribution in [0, 0.1) is 0 Å². The summed E-state index contributed by atoms with van der Waals surface area (Å²) in [5.41, 5.74) is 1.63. The SMILES string of the molecule is COc1cccc2sc(NC(=S)Nc3nc4c(OC)cccc4s3)nc12. The number of anilines is 2. The second kappa shape index (κ2) is 7.02. The molecule has 2 N–H and O–H groups in total. The Balaban J connectivity index is 1.54.